The van der Waals surface area contributed by atoms with Crippen LogP contribution in [0.25, 0.3) is 0 Å². The molecule has 154 valence electrons. The van der Waals surface area contributed by atoms with Crippen LogP contribution in [0.5, 0.6) is 0 Å². The Morgan fingerprint density at radius 1 is 1.43 bits per heavy atom. The number of aromatic nitrogens is 1. The standard InChI is InChI=1S/C16H16N4O7S2.Na/c1-7(21)27-3-8-4-29-15-11(14(23)20(15)12(8)16(24)25)18-13(22)10(19-26-2)9-5-28-6-17-9;/h5-6,11,15H,3-4H2,1-2H3,(H,18,22)(H,24,25);/q;+1/p-1/b19-10+;/t11?,15-;/m1./s1. The molecule has 14 heteroatoms. The molecule has 11 nitrogen and oxygen atoms in total. The maximum Gasteiger partial charge on any atom is 1.00 e. The van der Waals surface area contributed by atoms with E-state index in [1.54, 1.807) is 5.38 Å². The van der Waals surface area contributed by atoms with Crippen LogP contribution in [0, 0.1) is 0 Å². The molecule has 0 saturated carbocycles. The van der Waals surface area contributed by atoms with Crippen molar-refractivity contribution in [2.24, 2.45) is 5.16 Å². The molecule has 1 fully saturated rings. The summed E-state index contributed by atoms with van der Waals surface area (Å²) in [5.41, 5.74) is 1.61. The number of oxime groups is 1. The molecule has 0 radical (unpaired) electrons. The van der Waals surface area contributed by atoms with Gasteiger partial charge in [0.1, 0.15) is 30.8 Å². The van der Waals surface area contributed by atoms with Crippen molar-refractivity contribution in [3.05, 3.63) is 27.9 Å². The normalized spacial score (nSPS) is 20.5. The Morgan fingerprint density at radius 2 is 2.17 bits per heavy atom. The minimum atomic E-state index is -1.56. The number of ether oxygens (including phenoxy) is 1. The molecule has 0 aliphatic carbocycles. The van der Waals surface area contributed by atoms with Gasteiger partial charge in [0.2, 0.25) is 0 Å². The van der Waals surface area contributed by atoms with Crippen molar-refractivity contribution >= 4 is 52.6 Å². The number of rotatable bonds is 7. The van der Waals surface area contributed by atoms with Crippen molar-refractivity contribution in [1.82, 2.24) is 15.2 Å². The Balaban J connectivity index is 0.00000320. The molecule has 1 aromatic heterocycles. The molecule has 3 heterocycles. The maximum absolute atomic E-state index is 12.6. The Morgan fingerprint density at radius 3 is 2.73 bits per heavy atom. The second kappa shape index (κ2) is 10.4. The summed E-state index contributed by atoms with van der Waals surface area (Å²) in [6.07, 6.45) is 0. The third-order valence-electron chi connectivity index (χ3n) is 4.05. The van der Waals surface area contributed by atoms with Crippen molar-refractivity contribution in [2.45, 2.75) is 18.3 Å². The number of carbonyl (C=O) groups excluding carboxylic acids is 4. The Hall–Kier alpha value is -1.93. The van der Waals surface area contributed by atoms with E-state index < -0.39 is 35.2 Å². The van der Waals surface area contributed by atoms with Crippen LogP contribution in [0.3, 0.4) is 0 Å². The zero-order valence-corrected chi connectivity index (χ0v) is 19.9. The van der Waals surface area contributed by atoms with Gasteiger partial charge in [-0.05, 0) is 0 Å². The summed E-state index contributed by atoms with van der Waals surface area (Å²) in [6.45, 7) is 0.938. The number of β-lactam (4-membered cyclic amide) rings is 1. The van der Waals surface area contributed by atoms with E-state index in [0.717, 1.165) is 4.90 Å². The minimum absolute atomic E-state index is 0. The molecule has 0 aromatic carbocycles. The second-order valence-corrected chi connectivity index (χ2v) is 7.70. The third-order valence-corrected chi connectivity index (χ3v) is 5.98. The number of carboxylic acids is 1. The number of nitrogens with zero attached hydrogens (tertiary/aromatic N) is 3. The van der Waals surface area contributed by atoms with Crippen LogP contribution >= 0.6 is 23.1 Å². The quantitative estimate of drug-likeness (QED) is 0.139. The number of hydrogen-bond acceptors (Lipinski definition) is 11. The van der Waals surface area contributed by atoms with Crippen molar-refractivity contribution in [3.8, 4) is 0 Å². The van der Waals surface area contributed by atoms with E-state index in [9.17, 15) is 24.3 Å². The van der Waals surface area contributed by atoms with E-state index in [4.69, 9.17) is 4.74 Å². The first-order valence-corrected chi connectivity index (χ1v) is 10.2. The summed E-state index contributed by atoms with van der Waals surface area (Å²) in [4.78, 5) is 57.5. The molecule has 1 saturated heterocycles. The van der Waals surface area contributed by atoms with Gasteiger partial charge in [0.25, 0.3) is 11.8 Å². The summed E-state index contributed by atoms with van der Waals surface area (Å²) in [7, 11) is 1.27. The number of esters is 1. The molecule has 2 aliphatic heterocycles. The van der Waals surface area contributed by atoms with Crippen molar-refractivity contribution in [3.63, 3.8) is 0 Å². The molecule has 2 amide bonds. The molecular weight excluding hydrogens is 447 g/mol. The Bertz CT molecular complexity index is 919. The van der Waals surface area contributed by atoms with Gasteiger partial charge in [0.05, 0.1) is 17.2 Å². The molecule has 0 spiro atoms. The molecule has 0 bridgehead atoms. The smallest absolute Gasteiger partial charge is 0.543 e. The number of nitrogens with one attached hydrogen (secondary N) is 1. The van der Waals surface area contributed by atoms with Crippen LogP contribution in [-0.2, 0) is 28.8 Å². The monoisotopic (exact) mass is 462 g/mol. The van der Waals surface area contributed by atoms with E-state index >= 15 is 0 Å². The summed E-state index contributed by atoms with van der Waals surface area (Å²) < 4.78 is 4.85. The Labute approximate surface area is 201 Å². The van der Waals surface area contributed by atoms with Crippen LogP contribution in [0.4, 0.5) is 0 Å². The van der Waals surface area contributed by atoms with Crippen LogP contribution in [-0.4, -0.2) is 70.2 Å². The molecule has 1 aromatic rings. The predicted molar refractivity (Wildman–Crippen MR) is 99.3 cm³/mol. The molecule has 2 atom stereocenters. The number of amides is 2. The molecule has 30 heavy (non-hydrogen) atoms. The topological polar surface area (TPSA) is 150 Å². The summed E-state index contributed by atoms with van der Waals surface area (Å²) >= 11 is 2.49. The SMILES string of the molecule is CO/N=C(/C(=O)NC1C(=O)N2C(C(=O)[O-])=C(COC(C)=O)CS[C@H]12)c1cscn1.[Na+]. The maximum atomic E-state index is 12.6. The fraction of sp³-hybridized carbons (Fsp3) is 0.375. The van der Waals surface area contributed by atoms with Crippen molar-refractivity contribution in [2.75, 3.05) is 19.5 Å². The first-order chi connectivity index (χ1) is 13.8. The second-order valence-electron chi connectivity index (χ2n) is 5.88. The fourth-order valence-corrected chi connectivity index (χ4v) is 4.67. The molecule has 1 unspecified atom stereocenters. The van der Waals surface area contributed by atoms with Gasteiger partial charge >= 0.3 is 35.5 Å². The van der Waals surface area contributed by atoms with Crippen LogP contribution < -0.4 is 40.0 Å². The van der Waals surface area contributed by atoms with E-state index in [-0.39, 0.29) is 64.6 Å². The molecule has 2 aliphatic rings. The predicted octanol–water partition coefficient (Wildman–Crippen LogP) is -4.54. The van der Waals surface area contributed by atoms with E-state index in [1.807, 2.05) is 0 Å². The third kappa shape index (κ3) is 4.86. The number of fused-ring (bicyclic) bond motifs is 1. The van der Waals surface area contributed by atoms with Gasteiger partial charge < -0.3 is 24.8 Å². The number of hydrogen-bond donors (Lipinski definition) is 1. The largest absolute Gasteiger partial charge is 1.00 e. The van der Waals surface area contributed by atoms with Gasteiger partial charge in [-0.15, -0.1) is 23.1 Å². The van der Waals surface area contributed by atoms with Crippen LogP contribution in [0.15, 0.2) is 27.3 Å². The number of carboxylic acid groups (broad SMARTS) is 1. The zero-order valence-electron chi connectivity index (χ0n) is 16.2. The fourth-order valence-electron chi connectivity index (χ4n) is 2.81. The molecule has 3 rings (SSSR count). The van der Waals surface area contributed by atoms with Gasteiger partial charge in [-0.3, -0.25) is 19.3 Å². The van der Waals surface area contributed by atoms with E-state index in [2.05, 4.69) is 20.3 Å². The summed E-state index contributed by atoms with van der Waals surface area (Å²) in [5, 5.41) is 18.7. The van der Waals surface area contributed by atoms with Gasteiger partial charge in [-0.25, -0.2) is 4.98 Å². The molecular formula is C16H15N4NaO7S2. The zero-order chi connectivity index (χ0) is 21.1. The summed E-state index contributed by atoms with van der Waals surface area (Å²) in [6, 6.07) is -0.960. The summed E-state index contributed by atoms with van der Waals surface area (Å²) in [5.74, 6) is -3.23. The average molecular weight is 462 g/mol. The van der Waals surface area contributed by atoms with Gasteiger partial charge in [0, 0.05) is 23.6 Å². The van der Waals surface area contributed by atoms with Crippen molar-refractivity contribution in [1.29, 1.82) is 0 Å². The van der Waals surface area contributed by atoms with Gasteiger partial charge in [-0.1, -0.05) is 5.16 Å². The average Bonchev–Trinajstić information content (AvgIpc) is 3.21. The number of thiazole rings is 1. The van der Waals surface area contributed by atoms with E-state index in [1.165, 1.54) is 42.6 Å². The van der Waals surface area contributed by atoms with E-state index in [0.29, 0.717) is 0 Å². The Kier molecular flexibility index (Phi) is 8.43. The molecule has 1 N–H and O–H groups in total. The van der Waals surface area contributed by atoms with Crippen LogP contribution in [0.2, 0.25) is 0 Å². The first-order valence-electron chi connectivity index (χ1n) is 8.17. The minimum Gasteiger partial charge on any atom is -0.543 e. The number of thioether (sulfide) groups is 1. The van der Waals surface area contributed by atoms with Gasteiger partial charge in [0.15, 0.2) is 5.71 Å². The van der Waals surface area contributed by atoms with Crippen molar-refractivity contribution < 1.29 is 63.4 Å². The first kappa shape index (κ1) is 24.3. The van der Waals surface area contributed by atoms with Crippen LogP contribution in [0.1, 0.15) is 12.6 Å². The number of aliphatic carboxylic acids is 1. The number of carbonyl (C=O) groups is 4. The van der Waals surface area contributed by atoms with Gasteiger partial charge in [-0.2, -0.15) is 0 Å².